The molecule has 6 nitrogen and oxygen atoms in total. The summed E-state index contributed by atoms with van der Waals surface area (Å²) in [6.07, 6.45) is 5.27. The maximum absolute atomic E-state index is 13.0. The molecule has 3 unspecified atom stereocenters. The van der Waals surface area contributed by atoms with Crippen molar-refractivity contribution in [3.05, 3.63) is 18.0 Å². The number of likely N-dealkylation sites (tertiary alicyclic amines) is 1. The number of thioether (sulfide) groups is 1. The van der Waals surface area contributed by atoms with Crippen LogP contribution in [0.5, 0.6) is 0 Å². The molecule has 4 rings (SSSR count). The third-order valence-electron chi connectivity index (χ3n) is 5.43. The van der Waals surface area contributed by atoms with Gasteiger partial charge in [-0.25, -0.2) is 0 Å². The highest BCUT2D eigenvalue weighted by molar-refractivity contribution is 8.01. The van der Waals surface area contributed by atoms with Gasteiger partial charge in [0.05, 0.1) is 4.87 Å². The third-order valence-corrected chi connectivity index (χ3v) is 6.93. The molecule has 23 heavy (non-hydrogen) atoms. The lowest BCUT2D eigenvalue weighted by Gasteiger charge is -2.37. The van der Waals surface area contributed by atoms with E-state index in [9.17, 15) is 9.59 Å². The van der Waals surface area contributed by atoms with Gasteiger partial charge in [0.15, 0.2) is 0 Å². The Balaban J connectivity index is 1.49. The van der Waals surface area contributed by atoms with E-state index in [0.29, 0.717) is 12.3 Å². The number of fused-ring (bicyclic) bond motifs is 1. The van der Waals surface area contributed by atoms with Crippen LogP contribution in [-0.2, 0) is 9.59 Å². The number of hydrogen-bond acceptors (Lipinski definition) is 4. The monoisotopic (exact) mass is 334 g/mol. The van der Waals surface area contributed by atoms with E-state index in [4.69, 9.17) is 0 Å². The first kappa shape index (κ1) is 15.1. The lowest BCUT2D eigenvalue weighted by Crippen LogP contribution is -2.53. The number of carbonyl (C=O) groups excluding carboxylic acids is 2. The highest BCUT2D eigenvalue weighted by Gasteiger charge is 2.53. The number of piperidine rings is 1. The standard InChI is InChI=1S/C16H22N4O2S/c1-16-6-4-14(21)20(16)13(10-23-16)15(22)19-8-2-3-11(9-19)12-5-7-17-18-12/h5,7,11,13H,2-4,6,8-10H2,1H3,(H,17,18). The van der Waals surface area contributed by atoms with Crippen molar-refractivity contribution >= 4 is 23.6 Å². The van der Waals surface area contributed by atoms with Crippen LogP contribution < -0.4 is 0 Å². The van der Waals surface area contributed by atoms with Crippen LogP contribution in [0.3, 0.4) is 0 Å². The van der Waals surface area contributed by atoms with Crippen LogP contribution in [0.25, 0.3) is 0 Å². The molecule has 3 saturated heterocycles. The summed E-state index contributed by atoms with van der Waals surface area (Å²) in [6, 6.07) is 1.71. The predicted octanol–water partition coefficient (Wildman–Crippen LogP) is 1.57. The number of nitrogens with zero attached hydrogens (tertiary/aromatic N) is 3. The molecule has 0 spiro atoms. The topological polar surface area (TPSA) is 69.3 Å². The molecular formula is C16H22N4O2S. The fourth-order valence-corrected chi connectivity index (χ4v) is 5.56. The fourth-order valence-electron chi connectivity index (χ4n) is 4.14. The van der Waals surface area contributed by atoms with Crippen molar-refractivity contribution in [2.45, 2.75) is 49.4 Å². The first-order chi connectivity index (χ1) is 11.1. The molecule has 0 radical (unpaired) electrons. The Morgan fingerprint density at radius 1 is 1.52 bits per heavy atom. The molecule has 3 aliphatic rings. The largest absolute Gasteiger partial charge is 0.340 e. The highest BCUT2D eigenvalue weighted by atomic mass is 32.2. The maximum atomic E-state index is 13.0. The van der Waals surface area contributed by atoms with Gasteiger partial charge in [-0.1, -0.05) is 0 Å². The summed E-state index contributed by atoms with van der Waals surface area (Å²) < 4.78 is 0. The molecular weight excluding hydrogens is 312 g/mol. The molecule has 1 aromatic heterocycles. The lowest BCUT2D eigenvalue weighted by molar-refractivity contribution is -0.144. The number of hydrogen-bond donors (Lipinski definition) is 1. The van der Waals surface area contributed by atoms with Gasteiger partial charge in [0.2, 0.25) is 11.8 Å². The van der Waals surface area contributed by atoms with Crippen LogP contribution in [-0.4, -0.2) is 61.6 Å². The molecule has 4 heterocycles. The number of carbonyl (C=O) groups is 2. The molecule has 1 N–H and O–H groups in total. The summed E-state index contributed by atoms with van der Waals surface area (Å²) in [5, 5.41) is 7.05. The maximum Gasteiger partial charge on any atom is 0.246 e. The summed E-state index contributed by atoms with van der Waals surface area (Å²) in [6.45, 7) is 3.61. The Morgan fingerprint density at radius 3 is 3.17 bits per heavy atom. The highest BCUT2D eigenvalue weighted by Crippen LogP contribution is 2.47. The van der Waals surface area contributed by atoms with Crippen molar-refractivity contribution in [1.29, 1.82) is 0 Å². The van der Waals surface area contributed by atoms with Gasteiger partial charge in [0.25, 0.3) is 0 Å². The summed E-state index contributed by atoms with van der Waals surface area (Å²) >= 11 is 1.76. The summed E-state index contributed by atoms with van der Waals surface area (Å²) in [5.41, 5.74) is 1.10. The van der Waals surface area contributed by atoms with E-state index in [-0.39, 0.29) is 22.7 Å². The van der Waals surface area contributed by atoms with E-state index in [1.807, 2.05) is 15.9 Å². The van der Waals surface area contributed by atoms with Gasteiger partial charge in [-0.05, 0) is 32.3 Å². The Bertz CT molecular complexity index is 620. The zero-order valence-corrected chi connectivity index (χ0v) is 14.1. The van der Waals surface area contributed by atoms with Crippen LogP contribution in [0.1, 0.15) is 44.2 Å². The van der Waals surface area contributed by atoms with E-state index < -0.39 is 0 Å². The van der Waals surface area contributed by atoms with Gasteiger partial charge in [-0.15, -0.1) is 11.8 Å². The van der Waals surface area contributed by atoms with E-state index in [1.165, 1.54) is 0 Å². The lowest BCUT2D eigenvalue weighted by atomic mass is 9.94. The van der Waals surface area contributed by atoms with Crippen molar-refractivity contribution in [2.75, 3.05) is 18.8 Å². The minimum absolute atomic E-state index is 0.126. The first-order valence-corrected chi connectivity index (χ1v) is 9.31. The molecule has 1 aromatic rings. The molecule has 3 atom stereocenters. The summed E-state index contributed by atoms with van der Waals surface area (Å²) in [4.78, 5) is 28.9. The number of aromatic nitrogens is 2. The van der Waals surface area contributed by atoms with E-state index in [0.717, 1.165) is 43.8 Å². The number of amides is 2. The number of H-pyrrole nitrogens is 1. The molecule has 7 heteroatoms. The molecule has 124 valence electrons. The minimum Gasteiger partial charge on any atom is -0.340 e. The van der Waals surface area contributed by atoms with Crippen molar-refractivity contribution < 1.29 is 9.59 Å². The molecule has 0 saturated carbocycles. The van der Waals surface area contributed by atoms with Gasteiger partial charge < -0.3 is 9.80 Å². The average Bonchev–Trinajstić information content (AvgIpc) is 3.25. The molecule has 3 aliphatic heterocycles. The third kappa shape index (κ3) is 2.45. The second kappa shape index (κ2) is 5.54. The van der Waals surface area contributed by atoms with Crippen molar-refractivity contribution in [3.8, 4) is 0 Å². The van der Waals surface area contributed by atoms with Crippen molar-refractivity contribution in [2.24, 2.45) is 0 Å². The second-order valence-electron chi connectivity index (χ2n) is 6.90. The van der Waals surface area contributed by atoms with Gasteiger partial charge in [0, 0.05) is 43.1 Å². The smallest absolute Gasteiger partial charge is 0.246 e. The number of aromatic amines is 1. The minimum atomic E-state index is -0.277. The summed E-state index contributed by atoms with van der Waals surface area (Å²) in [7, 11) is 0. The normalized spacial score (nSPS) is 34.0. The van der Waals surface area contributed by atoms with Gasteiger partial charge in [0.1, 0.15) is 6.04 Å². The van der Waals surface area contributed by atoms with E-state index in [2.05, 4.69) is 17.1 Å². The molecule has 0 aliphatic carbocycles. The Hall–Kier alpha value is -1.50. The van der Waals surface area contributed by atoms with Crippen LogP contribution >= 0.6 is 11.8 Å². The van der Waals surface area contributed by atoms with Crippen molar-refractivity contribution in [3.63, 3.8) is 0 Å². The Labute approximate surface area is 140 Å². The Morgan fingerprint density at radius 2 is 2.39 bits per heavy atom. The zero-order valence-electron chi connectivity index (χ0n) is 13.3. The van der Waals surface area contributed by atoms with Crippen LogP contribution in [0, 0.1) is 0 Å². The molecule has 0 aromatic carbocycles. The molecule has 2 amide bonds. The number of nitrogens with one attached hydrogen (secondary N) is 1. The Kier molecular flexibility index (Phi) is 3.63. The fraction of sp³-hybridized carbons (Fsp3) is 0.688. The average molecular weight is 334 g/mol. The van der Waals surface area contributed by atoms with Crippen LogP contribution in [0.2, 0.25) is 0 Å². The first-order valence-electron chi connectivity index (χ1n) is 8.33. The van der Waals surface area contributed by atoms with Crippen LogP contribution in [0.4, 0.5) is 0 Å². The summed E-state index contributed by atoms with van der Waals surface area (Å²) in [5.74, 6) is 1.32. The zero-order chi connectivity index (χ0) is 16.0. The molecule has 3 fully saturated rings. The van der Waals surface area contributed by atoms with Crippen LogP contribution in [0.15, 0.2) is 12.3 Å². The molecule has 0 bridgehead atoms. The van der Waals surface area contributed by atoms with Gasteiger partial charge in [-0.3, -0.25) is 14.7 Å². The van der Waals surface area contributed by atoms with E-state index in [1.54, 1.807) is 18.0 Å². The van der Waals surface area contributed by atoms with Crippen molar-refractivity contribution in [1.82, 2.24) is 20.0 Å². The van der Waals surface area contributed by atoms with E-state index >= 15 is 0 Å². The van der Waals surface area contributed by atoms with Gasteiger partial charge in [-0.2, -0.15) is 5.10 Å². The van der Waals surface area contributed by atoms with Gasteiger partial charge >= 0.3 is 0 Å². The number of rotatable bonds is 2. The second-order valence-corrected chi connectivity index (χ2v) is 8.40. The predicted molar refractivity (Wildman–Crippen MR) is 87.9 cm³/mol. The quantitative estimate of drug-likeness (QED) is 0.891. The SMILES string of the molecule is CC12CCC(=O)N1C(C(=O)N1CCCC(c3ccn[nH]3)C1)CS2.